The summed E-state index contributed by atoms with van der Waals surface area (Å²) in [7, 11) is -2.78. The van der Waals surface area contributed by atoms with Crippen LogP contribution < -0.4 is 4.18 Å². The summed E-state index contributed by atoms with van der Waals surface area (Å²) < 4.78 is 24.3. The zero-order valence-electron chi connectivity index (χ0n) is 9.43. The first-order valence-corrected chi connectivity index (χ1v) is 6.19. The average molecular weight is 264 g/mol. The van der Waals surface area contributed by atoms with E-state index in [1.54, 1.807) is 42.5 Å². The zero-order valence-corrected chi connectivity index (χ0v) is 10.3. The third-order valence-electron chi connectivity index (χ3n) is 1.86. The van der Waals surface area contributed by atoms with Crippen molar-refractivity contribution in [3.05, 3.63) is 66.2 Å². The predicted molar refractivity (Wildman–Crippen MR) is 69.2 cm³/mol. The Balaban J connectivity index is 0.000000184. The molecule has 94 valence electrons. The molecule has 2 aromatic carbocycles. The molecule has 4 nitrogen and oxygen atoms in total. The summed E-state index contributed by atoms with van der Waals surface area (Å²) >= 11 is 0. The number of aldehydes is 1. The van der Waals surface area contributed by atoms with E-state index in [-0.39, 0.29) is 0 Å². The van der Waals surface area contributed by atoms with Crippen LogP contribution in [0.15, 0.2) is 60.7 Å². The second-order valence-electron chi connectivity index (χ2n) is 3.16. The van der Waals surface area contributed by atoms with E-state index in [0.29, 0.717) is 5.75 Å². The second-order valence-corrected chi connectivity index (χ2v) is 3.79. The molecular formula is C13H12O4S. The van der Waals surface area contributed by atoms with E-state index >= 15 is 0 Å². The summed E-state index contributed by atoms with van der Waals surface area (Å²) in [5.74, 6) is 0.346. The first-order chi connectivity index (χ1) is 8.72. The highest BCUT2D eigenvalue weighted by molar-refractivity contribution is 7.67. The van der Waals surface area contributed by atoms with Crippen molar-refractivity contribution >= 4 is 17.3 Å². The molecule has 18 heavy (non-hydrogen) atoms. The van der Waals surface area contributed by atoms with Crippen molar-refractivity contribution in [2.45, 2.75) is 0 Å². The van der Waals surface area contributed by atoms with E-state index in [1.807, 2.05) is 18.2 Å². The lowest BCUT2D eigenvalue weighted by molar-refractivity contribution is 0.112. The molecule has 2 rings (SSSR count). The molecule has 0 radical (unpaired) electrons. The molecule has 0 aliphatic carbocycles. The molecule has 0 saturated carbocycles. The van der Waals surface area contributed by atoms with E-state index in [0.717, 1.165) is 11.8 Å². The Morgan fingerprint density at radius 2 is 1.33 bits per heavy atom. The number of benzene rings is 2. The molecule has 0 amide bonds. The molecule has 0 aliphatic heterocycles. The summed E-state index contributed by atoms with van der Waals surface area (Å²) in [5.41, 5.74) is 0.729. The highest BCUT2D eigenvalue weighted by atomic mass is 32.2. The van der Waals surface area contributed by atoms with Crippen molar-refractivity contribution in [1.29, 1.82) is 0 Å². The Hall–Kier alpha value is -2.14. The number of rotatable bonds is 3. The van der Waals surface area contributed by atoms with E-state index in [1.165, 1.54) is 0 Å². The molecule has 0 fully saturated rings. The number of thiol groups is 1. The van der Waals surface area contributed by atoms with Crippen LogP contribution in [0.5, 0.6) is 5.75 Å². The van der Waals surface area contributed by atoms with Crippen LogP contribution in [0.4, 0.5) is 0 Å². The van der Waals surface area contributed by atoms with Crippen LogP contribution in [0.25, 0.3) is 0 Å². The van der Waals surface area contributed by atoms with Gasteiger partial charge < -0.3 is 4.18 Å². The van der Waals surface area contributed by atoms with Crippen LogP contribution in [0, 0.1) is 0 Å². The molecular weight excluding hydrogens is 252 g/mol. The Bertz CT molecular complexity index is 527. The maximum absolute atomic E-state index is 10.0. The van der Waals surface area contributed by atoms with Crippen molar-refractivity contribution < 1.29 is 17.4 Å². The molecule has 0 atom stereocenters. The largest absolute Gasteiger partial charge is 0.384 e. The van der Waals surface area contributed by atoms with Crippen LogP contribution in [-0.4, -0.2) is 14.7 Å². The number of hydrogen-bond acceptors (Lipinski definition) is 4. The fourth-order valence-corrected chi connectivity index (χ4v) is 1.39. The fourth-order valence-electron chi connectivity index (χ4n) is 1.10. The third-order valence-corrected chi connectivity index (χ3v) is 2.22. The number of hydrogen-bond donors (Lipinski definition) is 1. The Morgan fingerprint density at radius 1 is 0.833 bits per heavy atom. The summed E-state index contributed by atoms with van der Waals surface area (Å²) in [6.07, 6.45) is 0.833. The van der Waals surface area contributed by atoms with Gasteiger partial charge >= 0.3 is 0 Å². The minimum Gasteiger partial charge on any atom is -0.384 e. The van der Waals surface area contributed by atoms with Crippen molar-refractivity contribution in [3.8, 4) is 5.75 Å². The normalized spacial score (nSPS) is 9.17. The van der Waals surface area contributed by atoms with Crippen molar-refractivity contribution in [2.75, 3.05) is 0 Å². The lowest BCUT2D eigenvalue weighted by Gasteiger charge is -1.93. The Morgan fingerprint density at radius 3 is 1.72 bits per heavy atom. The third kappa shape index (κ3) is 5.81. The minimum absolute atomic E-state index is 0.346. The highest BCUT2D eigenvalue weighted by Gasteiger charge is 1.88. The first-order valence-electron chi connectivity index (χ1n) is 5.10. The van der Waals surface area contributed by atoms with Gasteiger partial charge in [-0.3, -0.25) is 4.79 Å². The van der Waals surface area contributed by atoms with Gasteiger partial charge in [-0.25, -0.2) is 0 Å². The van der Waals surface area contributed by atoms with E-state index in [4.69, 9.17) is 0 Å². The molecule has 0 saturated heterocycles. The topological polar surface area (TPSA) is 60.4 Å². The van der Waals surface area contributed by atoms with Gasteiger partial charge in [-0.15, -0.1) is 0 Å². The maximum atomic E-state index is 10.0. The van der Waals surface area contributed by atoms with Crippen molar-refractivity contribution in [2.24, 2.45) is 0 Å². The van der Waals surface area contributed by atoms with Crippen LogP contribution in [0.3, 0.4) is 0 Å². The van der Waals surface area contributed by atoms with Crippen molar-refractivity contribution in [3.63, 3.8) is 0 Å². The summed E-state index contributed by atoms with van der Waals surface area (Å²) in [6, 6.07) is 17.4. The number of para-hydroxylation sites is 1. The molecule has 0 aromatic heterocycles. The lowest BCUT2D eigenvalue weighted by atomic mass is 10.2. The molecule has 0 spiro atoms. The Kier molecular flexibility index (Phi) is 6.21. The van der Waals surface area contributed by atoms with Crippen molar-refractivity contribution in [1.82, 2.24) is 0 Å². The Labute approximate surface area is 107 Å². The van der Waals surface area contributed by atoms with Gasteiger partial charge in [0, 0.05) is 5.56 Å². The molecule has 0 bridgehead atoms. The molecule has 0 heterocycles. The van der Waals surface area contributed by atoms with Crippen LogP contribution in [0.1, 0.15) is 10.4 Å². The lowest BCUT2D eigenvalue weighted by Crippen LogP contribution is -1.88. The molecule has 0 N–H and O–H groups in total. The maximum Gasteiger partial charge on any atom is 0.299 e. The smallest absolute Gasteiger partial charge is 0.299 e. The average Bonchev–Trinajstić information content (AvgIpc) is 2.41. The fraction of sp³-hybridized carbons (Fsp3) is 0. The standard InChI is InChI=1S/C7H6O.C6H6O3S/c8-6-7-4-2-1-3-5-7;7-10(8)9-6-4-2-1-3-5-6/h1-6H;1-5,10H. The van der Waals surface area contributed by atoms with E-state index < -0.39 is 11.0 Å². The SMILES string of the molecule is O=Cc1ccccc1.O=[SH](=O)Oc1ccccc1. The quantitative estimate of drug-likeness (QED) is 0.681. The zero-order chi connectivity index (χ0) is 13.2. The molecule has 0 aliphatic rings. The molecule has 2 aromatic rings. The van der Waals surface area contributed by atoms with Gasteiger partial charge in [-0.2, -0.15) is 8.42 Å². The first kappa shape index (κ1) is 13.9. The van der Waals surface area contributed by atoms with Gasteiger partial charge in [0.1, 0.15) is 12.0 Å². The molecule has 5 heteroatoms. The summed E-state index contributed by atoms with van der Waals surface area (Å²) in [4.78, 5) is 10.0. The number of carbonyl (C=O) groups is 1. The summed E-state index contributed by atoms with van der Waals surface area (Å²) in [5, 5.41) is 0. The van der Waals surface area contributed by atoms with E-state index in [9.17, 15) is 13.2 Å². The number of carbonyl (C=O) groups excluding carboxylic acids is 1. The van der Waals surface area contributed by atoms with E-state index in [2.05, 4.69) is 4.18 Å². The van der Waals surface area contributed by atoms with Gasteiger partial charge in [0.15, 0.2) is 0 Å². The molecule has 0 unspecified atom stereocenters. The van der Waals surface area contributed by atoms with Gasteiger partial charge in [-0.1, -0.05) is 48.5 Å². The predicted octanol–water partition coefficient (Wildman–Crippen LogP) is 2.09. The van der Waals surface area contributed by atoms with Crippen LogP contribution in [-0.2, 0) is 11.0 Å². The summed E-state index contributed by atoms with van der Waals surface area (Å²) in [6.45, 7) is 0. The van der Waals surface area contributed by atoms with Crippen LogP contribution >= 0.6 is 0 Å². The highest BCUT2D eigenvalue weighted by Crippen LogP contribution is 2.07. The van der Waals surface area contributed by atoms with Crippen LogP contribution in [0.2, 0.25) is 0 Å². The van der Waals surface area contributed by atoms with Gasteiger partial charge in [0.2, 0.25) is 0 Å². The monoisotopic (exact) mass is 264 g/mol. The second kappa shape index (κ2) is 8.03. The van der Waals surface area contributed by atoms with Gasteiger partial charge in [0.25, 0.3) is 11.0 Å². The minimum atomic E-state index is -2.78. The van der Waals surface area contributed by atoms with Gasteiger partial charge in [0.05, 0.1) is 0 Å². The van der Waals surface area contributed by atoms with Gasteiger partial charge in [-0.05, 0) is 12.1 Å².